The molecule has 0 aromatic carbocycles. The maximum absolute atomic E-state index is 3.53. The second-order valence-electron chi connectivity index (χ2n) is 7.05. The van der Waals surface area contributed by atoms with Gasteiger partial charge in [-0.1, -0.05) is 13.8 Å². The summed E-state index contributed by atoms with van der Waals surface area (Å²) in [6, 6.07) is 0.852. The van der Waals surface area contributed by atoms with Gasteiger partial charge in [0.15, 0.2) is 0 Å². The summed E-state index contributed by atoms with van der Waals surface area (Å²) in [5.41, 5.74) is 0.601. The molecule has 1 saturated carbocycles. The highest BCUT2D eigenvalue weighted by atomic mass is 35.5. The summed E-state index contributed by atoms with van der Waals surface area (Å²) < 4.78 is 0. The van der Waals surface area contributed by atoms with E-state index in [0.717, 1.165) is 12.0 Å². The molecule has 0 amide bonds. The third-order valence-electron chi connectivity index (χ3n) is 4.88. The van der Waals surface area contributed by atoms with Crippen LogP contribution in [0.25, 0.3) is 0 Å². The molecule has 0 bridgehead atoms. The summed E-state index contributed by atoms with van der Waals surface area (Å²) in [5.74, 6) is 0.892. The minimum atomic E-state index is 0. The van der Waals surface area contributed by atoms with Gasteiger partial charge in [0.1, 0.15) is 0 Å². The van der Waals surface area contributed by atoms with Crippen molar-refractivity contribution in [3.63, 3.8) is 0 Å². The standard InChI is InChI=1S/C15H30N2.ClH/c1-15(2)8-6-14(7-9-15)17(3)12-13-5-4-10-16-11-13;/h13-14,16H,4-12H2,1-3H3;1H. The number of nitrogens with zero attached hydrogens (tertiary/aromatic N) is 1. The maximum Gasteiger partial charge on any atom is 0.00927 e. The first-order valence-electron chi connectivity index (χ1n) is 7.48. The Kier molecular flexibility index (Phi) is 6.43. The molecule has 1 N–H and O–H groups in total. The highest BCUT2D eigenvalue weighted by molar-refractivity contribution is 5.85. The predicted molar refractivity (Wildman–Crippen MR) is 81.5 cm³/mol. The monoisotopic (exact) mass is 274 g/mol. The first kappa shape index (κ1) is 16.3. The lowest BCUT2D eigenvalue weighted by atomic mass is 9.75. The molecule has 1 aliphatic heterocycles. The van der Waals surface area contributed by atoms with Crippen LogP contribution < -0.4 is 5.32 Å². The van der Waals surface area contributed by atoms with E-state index >= 15 is 0 Å². The SMILES string of the molecule is CN(CC1CCCNC1)C1CCC(C)(C)CC1.Cl. The fraction of sp³-hybridized carbons (Fsp3) is 1.00. The maximum atomic E-state index is 3.53. The van der Waals surface area contributed by atoms with Gasteiger partial charge in [-0.25, -0.2) is 0 Å². The number of piperidine rings is 1. The molecule has 0 spiro atoms. The Bertz CT molecular complexity index is 227. The summed E-state index contributed by atoms with van der Waals surface area (Å²) in [5, 5.41) is 3.53. The lowest BCUT2D eigenvalue weighted by molar-refractivity contribution is 0.109. The molecule has 1 atom stereocenters. The fourth-order valence-electron chi connectivity index (χ4n) is 3.46. The van der Waals surface area contributed by atoms with Crippen LogP contribution in [-0.2, 0) is 0 Å². The summed E-state index contributed by atoms with van der Waals surface area (Å²) in [6.07, 6.45) is 8.43. The first-order chi connectivity index (χ1) is 8.07. The summed E-state index contributed by atoms with van der Waals surface area (Å²) in [4.78, 5) is 2.65. The van der Waals surface area contributed by atoms with Gasteiger partial charge >= 0.3 is 0 Å². The molecule has 2 fully saturated rings. The van der Waals surface area contributed by atoms with Crippen LogP contribution >= 0.6 is 12.4 Å². The van der Waals surface area contributed by atoms with E-state index < -0.39 is 0 Å². The molecule has 0 radical (unpaired) electrons. The molecule has 1 saturated heterocycles. The van der Waals surface area contributed by atoms with Gasteiger partial charge in [0.2, 0.25) is 0 Å². The van der Waals surface area contributed by atoms with E-state index in [-0.39, 0.29) is 12.4 Å². The molecular formula is C15H31ClN2. The van der Waals surface area contributed by atoms with E-state index in [0.29, 0.717) is 5.41 Å². The average Bonchev–Trinajstić information content (AvgIpc) is 2.30. The van der Waals surface area contributed by atoms with E-state index in [4.69, 9.17) is 0 Å². The zero-order chi connectivity index (χ0) is 12.3. The third kappa shape index (κ3) is 4.71. The van der Waals surface area contributed by atoms with Crippen LogP contribution in [0, 0.1) is 11.3 Å². The van der Waals surface area contributed by atoms with Crippen LogP contribution in [-0.4, -0.2) is 37.6 Å². The van der Waals surface area contributed by atoms with Gasteiger partial charge in [-0.15, -0.1) is 12.4 Å². The van der Waals surface area contributed by atoms with Crippen molar-refractivity contribution in [2.75, 3.05) is 26.7 Å². The van der Waals surface area contributed by atoms with Crippen LogP contribution in [0.5, 0.6) is 0 Å². The minimum Gasteiger partial charge on any atom is -0.316 e. The highest BCUT2D eigenvalue weighted by Crippen LogP contribution is 2.36. The molecular weight excluding hydrogens is 244 g/mol. The van der Waals surface area contributed by atoms with Crippen LogP contribution in [0.2, 0.25) is 0 Å². The second kappa shape index (κ2) is 7.12. The zero-order valence-corrected chi connectivity index (χ0v) is 13.2. The number of rotatable bonds is 3. The topological polar surface area (TPSA) is 15.3 Å². The van der Waals surface area contributed by atoms with E-state index in [2.05, 4.69) is 31.1 Å². The molecule has 0 aromatic heterocycles. The van der Waals surface area contributed by atoms with Crippen LogP contribution in [0.3, 0.4) is 0 Å². The van der Waals surface area contributed by atoms with Crippen molar-refractivity contribution in [2.24, 2.45) is 11.3 Å². The van der Waals surface area contributed by atoms with Gasteiger partial charge in [0.05, 0.1) is 0 Å². The van der Waals surface area contributed by atoms with Crippen LogP contribution in [0.4, 0.5) is 0 Å². The van der Waals surface area contributed by atoms with E-state index in [1.807, 2.05) is 0 Å². The van der Waals surface area contributed by atoms with Crippen molar-refractivity contribution in [1.82, 2.24) is 10.2 Å². The number of hydrogen-bond donors (Lipinski definition) is 1. The molecule has 2 rings (SSSR count). The van der Waals surface area contributed by atoms with Gasteiger partial charge in [-0.05, 0) is 70.0 Å². The predicted octanol–water partition coefficient (Wildman–Crippen LogP) is 3.31. The van der Waals surface area contributed by atoms with Crippen molar-refractivity contribution in [3.05, 3.63) is 0 Å². The van der Waals surface area contributed by atoms with E-state index in [9.17, 15) is 0 Å². The Hall–Kier alpha value is 0.210. The molecule has 1 aliphatic carbocycles. The normalized spacial score (nSPS) is 29.0. The van der Waals surface area contributed by atoms with Gasteiger partial charge in [-0.2, -0.15) is 0 Å². The summed E-state index contributed by atoms with van der Waals surface area (Å²) in [7, 11) is 2.34. The number of nitrogens with one attached hydrogen (secondary N) is 1. The highest BCUT2D eigenvalue weighted by Gasteiger charge is 2.29. The molecule has 108 valence electrons. The Morgan fingerprint density at radius 3 is 2.39 bits per heavy atom. The Balaban J connectivity index is 0.00000162. The largest absolute Gasteiger partial charge is 0.316 e. The van der Waals surface area contributed by atoms with E-state index in [1.54, 1.807) is 0 Å². The lowest BCUT2D eigenvalue weighted by Gasteiger charge is -2.40. The second-order valence-corrected chi connectivity index (χ2v) is 7.05. The van der Waals surface area contributed by atoms with Gasteiger partial charge < -0.3 is 10.2 Å². The number of hydrogen-bond acceptors (Lipinski definition) is 2. The lowest BCUT2D eigenvalue weighted by Crippen LogP contribution is -2.43. The Morgan fingerprint density at radius 2 is 1.83 bits per heavy atom. The van der Waals surface area contributed by atoms with Crippen molar-refractivity contribution >= 4 is 12.4 Å². The van der Waals surface area contributed by atoms with Crippen molar-refractivity contribution < 1.29 is 0 Å². The molecule has 1 unspecified atom stereocenters. The van der Waals surface area contributed by atoms with Crippen molar-refractivity contribution in [2.45, 2.75) is 58.4 Å². The Labute approximate surface area is 119 Å². The van der Waals surface area contributed by atoms with Gasteiger partial charge in [0.25, 0.3) is 0 Å². The van der Waals surface area contributed by atoms with Crippen molar-refractivity contribution in [3.8, 4) is 0 Å². The minimum absolute atomic E-state index is 0. The van der Waals surface area contributed by atoms with E-state index in [1.165, 1.54) is 58.2 Å². The average molecular weight is 275 g/mol. The van der Waals surface area contributed by atoms with Crippen LogP contribution in [0.15, 0.2) is 0 Å². The third-order valence-corrected chi connectivity index (χ3v) is 4.88. The summed E-state index contributed by atoms with van der Waals surface area (Å²) >= 11 is 0. The molecule has 18 heavy (non-hydrogen) atoms. The first-order valence-corrected chi connectivity index (χ1v) is 7.48. The van der Waals surface area contributed by atoms with Crippen molar-refractivity contribution in [1.29, 1.82) is 0 Å². The molecule has 0 aromatic rings. The Morgan fingerprint density at radius 1 is 1.17 bits per heavy atom. The fourth-order valence-corrected chi connectivity index (χ4v) is 3.46. The molecule has 2 aliphatic rings. The number of halogens is 1. The quantitative estimate of drug-likeness (QED) is 0.849. The zero-order valence-electron chi connectivity index (χ0n) is 12.4. The molecule has 1 heterocycles. The summed E-state index contributed by atoms with van der Waals surface area (Å²) in [6.45, 7) is 8.63. The van der Waals surface area contributed by atoms with Gasteiger partial charge in [0, 0.05) is 12.6 Å². The van der Waals surface area contributed by atoms with Gasteiger partial charge in [-0.3, -0.25) is 0 Å². The molecule has 2 nitrogen and oxygen atoms in total. The van der Waals surface area contributed by atoms with Crippen LogP contribution in [0.1, 0.15) is 52.4 Å². The molecule has 3 heteroatoms. The smallest absolute Gasteiger partial charge is 0.00927 e.